The molecule has 1 N–H and O–H groups in total. The average molecular weight is 185 g/mol. The molecule has 0 spiro atoms. The van der Waals surface area contributed by atoms with E-state index in [0.717, 1.165) is 10.8 Å². The van der Waals surface area contributed by atoms with Crippen LogP contribution in [0, 0.1) is 4.91 Å². The second kappa shape index (κ2) is 3.60. The fourth-order valence-corrected chi connectivity index (χ4v) is 1.43. The zero-order chi connectivity index (χ0) is 9.97. The number of fused-ring (bicyclic) bond motifs is 1. The number of nitroso groups, excluding NO2 is 1. The number of hydrogen-bond acceptors (Lipinski definition) is 3. The number of hydrogen-bond donors (Lipinski definition) is 1. The number of nitrogens with zero attached hydrogens (tertiary/aromatic N) is 1. The van der Waals surface area contributed by atoms with Gasteiger partial charge in [-0.3, -0.25) is 0 Å². The molecule has 0 unspecified atom stereocenters. The Bertz CT molecular complexity index is 472. The second-order valence-corrected chi connectivity index (χ2v) is 3.09. The first-order valence-corrected chi connectivity index (χ1v) is 4.30. The molecule has 0 saturated carbocycles. The van der Waals surface area contributed by atoms with E-state index in [1.54, 1.807) is 12.1 Å². The highest BCUT2D eigenvalue weighted by Gasteiger charge is 2.15. The van der Waals surface area contributed by atoms with Crippen molar-refractivity contribution in [1.82, 2.24) is 0 Å². The van der Waals surface area contributed by atoms with Gasteiger partial charge in [0.05, 0.1) is 0 Å². The molecule has 0 heterocycles. The third kappa shape index (κ3) is 1.52. The van der Waals surface area contributed by atoms with E-state index < -0.39 is 7.05 Å². The summed E-state index contributed by atoms with van der Waals surface area (Å²) in [4.78, 5) is 10.1. The van der Waals surface area contributed by atoms with Gasteiger partial charge >= 0.3 is 7.05 Å². The lowest BCUT2D eigenvalue weighted by molar-refractivity contribution is 0.587. The summed E-state index contributed by atoms with van der Waals surface area (Å²) in [5, 5.41) is 13.9. The van der Waals surface area contributed by atoms with Gasteiger partial charge in [0.25, 0.3) is 0 Å². The summed E-state index contributed by atoms with van der Waals surface area (Å²) in [6.45, 7) is 0. The highest BCUT2D eigenvalue weighted by Crippen LogP contribution is 2.11. The lowest BCUT2D eigenvalue weighted by Gasteiger charge is -2.00. The summed E-state index contributed by atoms with van der Waals surface area (Å²) in [7, 11) is -1.26. The van der Waals surface area contributed by atoms with Crippen LogP contribution in [0.5, 0.6) is 0 Å². The standard InChI is InChI=1S/C10H8BNO2/c13-11(12-14)10-6-5-8-3-1-2-4-9(8)7-10/h1-7,13H. The molecule has 0 aliphatic carbocycles. The minimum atomic E-state index is -1.26. The first kappa shape index (κ1) is 8.90. The monoisotopic (exact) mass is 185 g/mol. The van der Waals surface area contributed by atoms with E-state index in [0.29, 0.717) is 5.46 Å². The minimum absolute atomic E-state index is 0.527. The highest BCUT2D eigenvalue weighted by atomic mass is 16.3. The van der Waals surface area contributed by atoms with E-state index >= 15 is 0 Å². The fraction of sp³-hybridized carbons (Fsp3) is 0. The molecule has 2 rings (SSSR count). The van der Waals surface area contributed by atoms with Crippen molar-refractivity contribution in [2.75, 3.05) is 0 Å². The Hall–Kier alpha value is -1.68. The predicted octanol–water partition coefficient (Wildman–Crippen LogP) is 1.29. The Labute approximate surface area is 81.5 Å². The largest absolute Gasteiger partial charge is 0.517 e. The summed E-state index contributed by atoms with van der Waals surface area (Å²) < 4.78 is 0. The molecule has 0 amide bonds. The molecule has 3 nitrogen and oxygen atoms in total. The quantitative estimate of drug-likeness (QED) is 0.566. The topological polar surface area (TPSA) is 49.7 Å². The molecule has 4 heteroatoms. The SMILES string of the molecule is O=NB(O)c1ccc2ccccc2c1. The maximum absolute atomic E-state index is 10.1. The van der Waals surface area contributed by atoms with Gasteiger partial charge in [0, 0.05) is 0 Å². The molecule has 2 aromatic rings. The van der Waals surface area contributed by atoms with Gasteiger partial charge in [0.2, 0.25) is 0 Å². The predicted molar refractivity (Wildman–Crippen MR) is 57.3 cm³/mol. The minimum Gasteiger partial charge on any atom is -0.425 e. The van der Waals surface area contributed by atoms with E-state index in [9.17, 15) is 9.93 Å². The van der Waals surface area contributed by atoms with Gasteiger partial charge in [-0.15, -0.1) is 0 Å². The van der Waals surface area contributed by atoms with Crippen LogP contribution in [0.1, 0.15) is 0 Å². The van der Waals surface area contributed by atoms with Crippen LogP contribution >= 0.6 is 0 Å². The summed E-state index contributed by atoms with van der Waals surface area (Å²) in [6.07, 6.45) is 0. The maximum atomic E-state index is 10.1. The Morgan fingerprint density at radius 3 is 2.50 bits per heavy atom. The van der Waals surface area contributed by atoms with Gasteiger partial charge in [-0.2, -0.15) is 4.91 Å². The van der Waals surface area contributed by atoms with Gasteiger partial charge in [-0.05, 0) is 16.2 Å². The van der Waals surface area contributed by atoms with Gasteiger partial charge in [-0.1, -0.05) is 47.6 Å². The molecule has 0 aromatic heterocycles. The van der Waals surface area contributed by atoms with Crippen LogP contribution in [0.25, 0.3) is 10.8 Å². The summed E-state index contributed by atoms with van der Waals surface area (Å²) in [6, 6.07) is 13.1. The first-order valence-electron chi connectivity index (χ1n) is 4.30. The van der Waals surface area contributed by atoms with E-state index in [1.165, 1.54) is 0 Å². The normalized spacial score (nSPS) is 10.1. The lowest BCUT2D eigenvalue weighted by atomic mass is 9.75. The van der Waals surface area contributed by atoms with Crippen molar-refractivity contribution in [2.24, 2.45) is 5.09 Å². The van der Waals surface area contributed by atoms with Crippen LogP contribution in [0.2, 0.25) is 0 Å². The summed E-state index contributed by atoms with van der Waals surface area (Å²) in [5.41, 5.74) is 0.527. The van der Waals surface area contributed by atoms with Gasteiger partial charge in [-0.25, -0.2) is 0 Å². The van der Waals surface area contributed by atoms with Crippen molar-refractivity contribution < 1.29 is 5.02 Å². The molecule has 14 heavy (non-hydrogen) atoms. The molecule has 0 radical (unpaired) electrons. The molecular formula is C10H8BNO2. The summed E-state index contributed by atoms with van der Waals surface area (Å²) >= 11 is 0. The smallest absolute Gasteiger partial charge is 0.425 e. The van der Waals surface area contributed by atoms with Crippen LogP contribution in [0.4, 0.5) is 0 Å². The van der Waals surface area contributed by atoms with E-state index in [-0.39, 0.29) is 0 Å². The average Bonchev–Trinajstić information content (AvgIpc) is 2.27. The van der Waals surface area contributed by atoms with Crippen LogP contribution in [0.3, 0.4) is 0 Å². The summed E-state index contributed by atoms with van der Waals surface area (Å²) in [5.74, 6) is 0. The molecule has 0 fully saturated rings. The van der Waals surface area contributed by atoms with E-state index in [2.05, 4.69) is 5.09 Å². The number of rotatable bonds is 2. The molecule has 68 valence electrons. The Morgan fingerprint density at radius 1 is 1.07 bits per heavy atom. The molecular weight excluding hydrogens is 177 g/mol. The highest BCUT2D eigenvalue weighted by molar-refractivity contribution is 6.64. The maximum Gasteiger partial charge on any atom is 0.517 e. The molecule has 0 saturated heterocycles. The second-order valence-electron chi connectivity index (χ2n) is 3.09. The van der Waals surface area contributed by atoms with Gasteiger partial charge in [0.15, 0.2) is 0 Å². The Morgan fingerprint density at radius 2 is 1.79 bits per heavy atom. The van der Waals surface area contributed by atoms with Crippen LogP contribution < -0.4 is 5.46 Å². The molecule has 0 aliphatic heterocycles. The fourth-order valence-electron chi connectivity index (χ4n) is 1.43. The number of benzene rings is 2. The van der Waals surface area contributed by atoms with Gasteiger partial charge < -0.3 is 5.02 Å². The Kier molecular flexibility index (Phi) is 2.29. The van der Waals surface area contributed by atoms with Crippen LogP contribution in [0.15, 0.2) is 47.6 Å². The molecule has 2 aromatic carbocycles. The lowest BCUT2D eigenvalue weighted by Crippen LogP contribution is -2.27. The van der Waals surface area contributed by atoms with Crippen LogP contribution in [-0.2, 0) is 0 Å². The van der Waals surface area contributed by atoms with E-state index in [4.69, 9.17) is 0 Å². The third-order valence-corrected chi connectivity index (χ3v) is 2.17. The zero-order valence-electron chi connectivity index (χ0n) is 7.42. The van der Waals surface area contributed by atoms with Gasteiger partial charge in [0.1, 0.15) is 0 Å². The zero-order valence-corrected chi connectivity index (χ0v) is 7.42. The van der Waals surface area contributed by atoms with Crippen molar-refractivity contribution in [3.05, 3.63) is 47.4 Å². The molecule has 0 bridgehead atoms. The molecule has 0 aliphatic rings. The first-order chi connectivity index (χ1) is 6.81. The van der Waals surface area contributed by atoms with Crippen molar-refractivity contribution in [3.8, 4) is 0 Å². The third-order valence-electron chi connectivity index (χ3n) is 2.17. The molecule has 0 atom stereocenters. The van der Waals surface area contributed by atoms with Crippen molar-refractivity contribution in [2.45, 2.75) is 0 Å². The van der Waals surface area contributed by atoms with Crippen molar-refractivity contribution >= 4 is 23.3 Å². The van der Waals surface area contributed by atoms with E-state index in [1.807, 2.05) is 30.3 Å². The Balaban J connectivity index is 2.56. The van der Waals surface area contributed by atoms with Crippen molar-refractivity contribution in [1.29, 1.82) is 0 Å². The van der Waals surface area contributed by atoms with Crippen molar-refractivity contribution in [3.63, 3.8) is 0 Å². The van der Waals surface area contributed by atoms with Crippen LogP contribution in [-0.4, -0.2) is 12.1 Å².